The largest absolute Gasteiger partial charge is 0.465 e. The van der Waals surface area contributed by atoms with Crippen molar-refractivity contribution in [3.05, 3.63) is 53.5 Å². The molecule has 1 aliphatic rings. The van der Waals surface area contributed by atoms with Gasteiger partial charge in [-0.2, -0.15) is 0 Å². The number of pyridine rings is 1. The second-order valence-electron chi connectivity index (χ2n) is 5.98. The minimum Gasteiger partial charge on any atom is -0.465 e. The number of aryl methyl sites for hydroxylation is 1. The van der Waals surface area contributed by atoms with E-state index in [0.717, 1.165) is 11.1 Å². The first-order valence-corrected chi connectivity index (χ1v) is 7.91. The normalized spacial score (nSPS) is 15.3. The summed E-state index contributed by atoms with van der Waals surface area (Å²) < 4.78 is 19.7. The minimum atomic E-state index is -0.891. The second-order valence-corrected chi connectivity index (χ2v) is 5.98. The molecule has 24 heavy (non-hydrogen) atoms. The number of benzene rings is 1. The summed E-state index contributed by atoms with van der Waals surface area (Å²) in [7, 11) is 0. The molecule has 126 valence electrons. The number of ether oxygens (including phenoxy) is 1. The number of hydrogen-bond donors (Lipinski definition) is 1. The van der Waals surface area contributed by atoms with Crippen molar-refractivity contribution in [1.82, 2.24) is 9.88 Å². The quantitative estimate of drug-likeness (QED) is 0.917. The van der Waals surface area contributed by atoms with E-state index in [9.17, 15) is 9.18 Å². The first-order chi connectivity index (χ1) is 11.5. The van der Waals surface area contributed by atoms with Crippen LogP contribution < -0.4 is 4.74 Å². The Kier molecular flexibility index (Phi) is 4.64. The highest BCUT2D eigenvalue weighted by molar-refractivity contribution is 5.65. The Morgan fingerprint density at radius 3 is 2.75 bits per heavy atom. The highest BCUT2D eigenvalue weighted by Crippen LogP contribution is 2.35. The summed E-state index contributed by atoms with van der Waals surface area (Å²) in [5.74, 6) is 0.252. The molecule has 1 N–H and O–H groups in total. The van der Waals surface area contributed by atoms with Crippen LogP contribution in [0.4, 0.5) is 9.18 Å². The van der Waals surface area contributed by atoms with Gasteiger partial charge in [-0.15, -0.1) is 0 Å². The van der Waals surface area contributed by atoms with E-state index in [0.29, 0.717) is 31.8 Å². The van der Waals surface area contributed by atoms with Crippen LogP contribution in [0.15, 0.2) is 36.5 Å². The summed E-state index contributed by atoms with van der Waals surface area (Å²) in [6.07, 6.45) is 2.12. The van der Waals surface area contributed by atoms with Gasteiger partial charge in [0.2, 0.25) is 5.88 Å². The van der Waals surface area contributed by atoms with Gasteiger partial charge >= 0.3 is 6.09 Å². The van der Waals surface area contributed by atoms with E-state index in [-0.39, 0.29) is 11.7 Å². The van der Waals surface area contributed by atoms with Gasteiger partial charge in [-0.05, 0) is 49.4 Å². The zero-order valence-electron chi connectivity index (χ0n) is 13.4. The topological polar surface area (TPSA) is 62.7 Å². The van der Waals surface area contributed by atoms with E-state index in [2.05, 4.69) is 4.98 Å². The van der Waals surface area contributed by atoms with Crippen molar-refractivity contribution in [3.8, 4) is 11.6 Å². The van der Waals surface area contributed by atoms with Gasteiger partial charge in [-0.3, -0.25) is 0 Å². The van der Waals surface area contributed by atoms with Gasteiger partial charge in [0.25, 0.3) is 0 Å². The number of likely N-dealkylation sites (tertiary alicyclic amines) is 1. The SMILES string of the molecule is Cc1ccc(Oc2ncccc2C2CCN(C(=O)O)CC2)c(F)c1. The monoisotopic (exact) mass is 330 g/mol. The van der Waals surface area contributed by atoms with Crippen LogP contribution in [-0.2, 0) is 0 Å². The van der Waals surface area contributed by atoms with Crippen LogP contribution in [0.2, 0.25) is 0 Å². The van der Waals surface area contributed by atoms with Crippen molar-refractivity contribution in [2.24, 2.45) is 0 Å². The maximum absolute atomic E-state index is 14.0. The fourth-order valence-electron chi connectivity index (χ4n) is 2.97. The maximum Gasteiger partial charge on any atom is 0.407 e. The van der Waals surface area contributed by atoms with Gasteiger partial charge in [-0.1, -0.05) is 12.1 Å². The lowest BCUT2D eigenvalue weighted by Gasteiger charge is -2.30. The Hall–Kier alpha value is -2.63. The second kappa shape index (κ2) is 6.86. The molecule has 0 spiro atoms. The molecule has 0 atom stereocenters. The van der Waals surface area contributed by atoms with Crippen LogP contribution in [0.5, 0.6) is 11.6 Å². The number of amides is 1. The molecule has 0 saturated carbocycles. The molecule has 1 aromatic heterocycles. The number of rotatable bonds is 3. The number of aromatic nitrogens is 1. The smallest absolute Gasteiger partial charge is 0.407 e. The summed E-state index contributed by atoms with van der Waals surface area (Å²) in [4.78, 5) is 16.7. The van der Waals surface area contributed by atoms with Crippen LogP contribution >= 0.6 is 0 Å². The molecule has 0 aliphatic carbocycles. The highest BCUT2D eigenvalue weighted by Gasteiger charge is 2.26. The number of halogens is 1. The molecule has 1 aliphatic heterocycles. The molecule has 5 nitrogen and oxygen atoms in total. The molecule has 1 amide bonds. The summed E-state index contributed by atoms with van der Waals surface area (Å²) in [6, 6.07) is 8.53. The van der Waals surface area contributed by atoms with Gasteiger partial charge in [-0.25, -0.2) is 14.2 Å². The van der Waals surface area contributed by atoms with Crippen molar-refractivity contribution < 1.29 is 19.0 Å². The molecule has 2 aromatic rings. The fourth-order valence-corrected chi connectivity index (χ4v) is 2.97. The van der Waals surface area contributed by atoms with Crippen molar-refractivity contribution in [1.29, 1.82) is 0 Å². The van der Waals surface area contributed by atoms with E-state index in [1.165, 1.54) is 11.0 Å². The molecule has 6 heteroatoms. The molecule has 0 radical (unpaired) electrons. The van der Waals surface area contributed by atoms with Crippen LogP contribution in [0.25, 0.3) is 0 Å². The Morgan fingerprint density at radius 1 is 1.33 bits per heavy atom. The lowest BCUT2D eigenvalue weighted by Crippen LogP contribution is -2.36. The summed E-state index contributed by atoms with van der Waals surface area (Å²) >= 11 is 0. The molecule has 1 aromatic carbocycles. The first-order valence-electron chi connectivity index (χ1n) is 7.91. The third-order valence-electron chi connectivity index (χ3n) is 4.30. The van der Waals surface area contributed by atoms with Crippen molar-refractivity contribution in [2.75, 3.05) is 13.1 Å². The molecule has 1 fully saturated rings. The predicted octanol–water partition coefficient (Wildman–Crippen LogP) is 4.18. The van der Waals surface area contributed by atoms with E-state index in [1.807, 2.05) is 19.1 Å². The Morgan fingerprint density at radius 2 is 2.08 bits per heavy atom. The Labute approximate surface area is 139 Å². The molecule has 3 rings (SSSR count). The first kappa shape index (κ1) is 16.2. The van der Waals surface area contributed by atoms with Crippen molar-refractivity contribution in [3.63, 3.8) is 0 Å². The number of carbonyl (C=O) groups is 1. The number of nitrogens with zero attached hydrogens (tertiary/aromatic N) is 2. The zero-order valence-corrected chi connectivity index (χ0v) is 13.4. The van der Waals surface area contributed by atoms with E-state index >= 15 is 0 Å². The third-order valence-corrected chi connectivity index (χ3v) is 4.30. The lowest BCUT2D eigenvalue weighted by molar-refractivity contribution is 0.132. The van der Waals surface area contributed by atoms with Gasteiger partial charge in [0.15, 0.2) is 11.6 Å². The molecular formula is C18H19FN2O3. The molecule has 0 bridgehead atoms. The van der Waals surface area contributed by atoms with Crippen molar-refractivity contribution in [2.45, 2.75) is 25.7 Å². The summed E-state index contributed by atoms with van der Waals surface area (Å²) in [5, 5.41) is 9.04. The van der Waals surface area contributed by atoms with Crippen molar-refractivity contribution >= 4 is 6.09 Å². The molecule has 0 unspecified atom stereocenters. The average molecular weight is 330 g/mol. The van der Waals surface area contributed by atoms with Crippen LogP contribution in [0, 0.1) is 12.7 Å². The van der Waals surface area contributed by atoms with Crippen LogP contribution in [0.3, 0.4) is 0 Å². The van der Waals surface area contributed by atoms with Gasteiger partial charge in [0.1, 0.15) is 0 Å². The maximum atomic E-state index is 14.0. The van der Waals surface area contributed by atoms with Gasteiger partial charge in [0, 0.05) is 24.8 Å². The zero-order chi connectivity index (χ0) is 17.1. The fraction of sp³-hybridized carbons (Fsp3) is 0.333. The lowest BCUT2D eigenvalue weighted by atomic mass is 9.90. The average Bonchev–Trinajstić information content (AvgIpc) is 2.58. The predicted molar refractivity (Wildman–Crippen MR) is 87.0 cm³/mol. The molecular weight excluding hydrogens is 311 g/mol. The third kappa shape index (κ3) is 3.48. The standard InChI is InChI=1S/C18H19FN2O3/c1-12-4-5-16(15(19)11-12)24-17-14(3-2-8-20-17)13-6-9-21(10-7-13)18(22)23/h2-5,8,11,13H,6-7,9-10H2,1H3,(H,22,23). The Balaban J connectivity index is 1.80. The molecule has 1 saturated heterocycles. The number of hydrogen-bond acceptors (Lipinski definition) is 3. The number of carboxylic acid groups (broad SMARTS) is 1. The minimum absolute atomic E-state index is 0.142. The van der Waals surface area contributed by atoms with E-state index in [1.54, 1.807) is 18.3 Å². The number of piperidine rings is 1. The Bertz CT molecular complexity index is 743. The highest BCUT2D eigenvalue weighted by atomic mass is 19.1. The van der Waals surface area contributed by atoms with E-state index in [4.69, 9.17) is 9.84 Å². The van der Waals surface area contributed by atoms with E-state index < -0.39 is 11.9 Å². The van der Waals surface area contributed by atoms with Crippen LogP contribution in [0.1, 0.15) is 29.9 Å². The molecule has 2 heterocycles. The summed E-state index contributed by atoms with van der Waals surface area (Å²) in [6.45, 7) is 2.77. The van der Waals surface area contributed by atoms with Gasteiger partial charge < -0.3 is 14.7 Å². The van der Waals surface area contributed by atoms with Gasteiger partial charge in [0.05, 0.1) is 0 Å². The van der Waals surface area contributed by atoms with Crippen LogP contribution in [-0.4, -0.2) is 34.2 Å². The summed E-state index contributed by atoms with van der Waals surface area (Å²) in [5.41, 5.74) is 1.71.